The second kappa shape index (κ2) is 5.63. The lowest BCUT2D eigenvalue weighted by Crippen LogP contribution is -2.37. The van der Waals surface area contributed by atoms with Crippen LogP contribution in [-0.4, -0.2) is 25.0 Å². The summed E-state index contributed by atoms with van der Waals surface area (Å²) in [6.07, 6.45) is 3.60. The van der Waals surface area contributed by atoms with Gasteiger partial charge in [-0.2, -0.15) is 0 Å². The Morgan fingerprint density at radius 1 is 1.29 bits per heavy atom. The van der Waals surface area contributed by atoms with E-state index in [1.165, 1.54) is 31.5 Å². The summed E-state index contributed by atoms with van der Waals surface area (Å²) in [6.45, 7) is 4.80. The molecule has 2 atom stereocenters. The van der Waals surface area contributed by atoms with Gasteiger partial charge in [0.15, 0.2) is 0 Å². The van der Waals surface area contributed by atoms with Crippen LogP contribution in [0.4, 0.5) is 4.39 Å². The van der Waals surface area contributed by atoms with Crippen LogP contribution in [0.1, 0.15) is 25.3 Å². The van der Waals surface area contributed by atoms with E-state index in [0.717, 1.165) is 18.3 Å². The van der Waals surface area contributed by atoms with Gasteiger partial charge in [0.25, 0.3) is 0 Å². The van der Waals surface area contributed by atoms with Crippen LogP contribution < -0.4 is 0 Å². The molecule has 0 spiro atoms. The van der Waals surface area contributed by atoms with Gasteiger partial charge in [-0.15, -0.1) is 0 Å². The highest BCUT2D eigenvalue weighted by molar-refractivity contribution is 5.16. The number of rotatable bonds is 3. The van der Waals surface area contributed by atoms with E-state index >= 15 is 0 Å². The van der Waals surface area contributed by atoms with E-state index in [9.17, 15) is 4.39 Å². The first-order chi connectivity index (χ1) is 8.15. The number of likely N-dealkylation sites (tertiary alicyclic amines) is 1. The number of hydrogen-bond acceptors (Lipinski definition) is 1. The Labute approximate surface area is 104 Å². The van der Waals surface area contributed by atoms with Gasteiger partial charge in [0.2, 0.25) is 0 Å². The highest BCUT2D eigenvalue weighted by Gasteiger charge is 2.23. The minimum Gasteiger partial charge on any atom is -0.306 e. The summed E-state index contributed by atoms with van der Waals surface area (Å²) in [5.74, 6) is 1.48. The van der Waals surface area contributed by atoms with Crippen LogP contribution in [0.15, 0.2) is 24.3 Å². The van der Waals surface area contributed by atoms with Gasteiger partial charge in [-0.25, -0.2) is 4.39 Å². The standard InChI is InChI=1S/C15H22FN/c1-12-9-10-17(2)11-14(12)6-3-13-4-7-15(16)8-5-13/h4-5,7-8,12,14H,3,6,9-11H2,1-2H3/t12-,14?/m1/s1. The highest BCUT2D eigenvalue weighted by atomic mass is 19.1. The molecule has 1 aliphatic heterocycles. The van der Waals surface area contributed by atoms with Crippen molar-refractivity contribution in [2.24, 2.45) is 11.8 Å². The fourth-order valence-electron chi connectivity index (χ4n) is 2.71. The lowest BCUT2D eigenvalue weighted by molar-refractivity contribution is 0.147. The van der Waals surface area contributed by atoms with E-state index in [0.29, 0.717) is 0 Å². The molecule has 94 valence electrons. The predicted octanol–water partition coefficient (Wildman–Crippen LogP) is 3.35. The number of piperidine rings is 1. The summed E-state index contributed by atoms with van der Waals surface area (Å²) in [5, 5.41) is 0. The zero-order valence-electron chi connectivity index (χ0n) is 10.8. The van der Waals surface area contributed by atoms with Crippen molar-refractivity contribution in [1.82, 2.24) is 4.90 Å². The van der Waals surface area contributed by atoms with Crippen molar-refractivity contribution in [3.63, 3.8) is 0 Å². The predicted molar refractivity (Wildman–Crippen MR) is 69.5 cm³/mol. The molecule has 0 aromatic heterocycles. The molecule has 0 saturated carbocycles. The Hall–Kier alpha value is -0.890. The maximum absolute atomic E-state index is 12.8. The van der Waals surface area contributed by atoms with Crippen molar-refractivity contribution in [2.45, 2.75) is 26.2 Å². The summed E-state index contributed by atoms with van der Waals surface area (Å²) in [7, 11) is 2.21. The summed E-state index contributed by atoms with van der Waals surface area (Å²) in [6, 6.07) is 6.94. The van der Waals surface area contributed by atoms with Crippen LogP contribution in [0.25, 0.3) is 0 Å². The fraction of sp³-hybridized carbons (Fsp3) is 0.600. The largest absolute Gasteiger partial charge is 0.306 e. The minimum absolute atomic E-state index is 0.139. The van der Waals surface area contributed by atoms with Gasteiger partial charge in [-0.3, -0.25) is 0 Å². The molecule has 0 amide bonds. The zero-order valence-corrected chi connectivity index (χ0v) is 10.8. The van der Waals surface area contributed by atoms with Crippen LogP contribution in [0.5, 0.6) is 0 Å². The maximum Gasteiger partial charge on any atom is 0.123 e. The monoisotopic (exact) mass is 235 g/mol. The Morgan fingerprint density at radius 2 is 2.00 bits per heavy atom. The maximum atomic E-state index is 12.8. The number of benzene rings is 1. The first-order valence-corrected chi connectivity index (χ1v) is 6.58. The SMILES string of the molecule is C[C@@H]1CCN(C)CC1CCc1ccc(F)cc1. The molecule has 0 bridgehead atoms. The molecule has 0 N–H and O–H groups in total. The van der Waals surface area contributed by atoms with E-state index < -0.39 is 0 Å². The quantitative estimate of drug-likeness (QED) is 0.776. The normalized spacial score (nSPS) is 26.1. The Bertz CT molecular complexity index is 346. The number of hydrogen-bond donors (Lipinski definition) is 0. The van der Waals surface area contributed by atoms with E-state index in [1.807, 2.05) is 12.1 Å². The average molecular weight is 235 g/mol. The number of halogens is 1. The van der Waals surface area contributed by atoms with Crippen molar-refractivity contribution in [2.75, 3.05) is 20.1 Å². The van der Waals surface area contributed by atoms with Crippen molar-refractivity contribution >= 4 is 0 Å². The zero-order chi connectivity index (χ0) is 12.3. The Morgan fingerprint density at radius 3 is 2.71 bits per heavy atom. The number of aryl methyl sites for hydroxylation is 1. The van der Waals surface area contributed by atoms with Crippen molar-refractivity contribution < 1.29 is 4.39 Å². The molecule has 0 radical (unpaired) electrons. The first-order valence-electron chi connectivity index (χ1n) is 6.58. The van der Waals surface area contributed by atoms with Crippen LogP contribution in [0.3, 0.4) is 0 Å². The van der Waals surface area contributed by atoms with Gasteiger partial charge in [0, 0.05) is 6.54 Å². The van der Waals surface area contributed by atoms with Crippen LogP contribution in [0, 0.1) is 17.7 Å². The second-order valence-corrected chi connectivity index (χ2v) is 5.45. The van der Waals surface area contributed by atoms with Crippen molar-refractivity contribution in [3.05, 3.63) is 35.6 Å². The molecule has 1 aliphatic rings. The van der Waals surface area contributed by atoms with E-state index in [4.69, 9.17) is 0 Å². The number of nitrogens with zero attached hydrogens (tertiary/aromatic N) is 1. The molecule has 0 aliphatic carbocycles. The fourth-order valence-corrected chi connectivity index (χ4v) is 2.71. The van der Waals surface area contributed by atoms with Gasteiger partial charge in [0.1, 0.15) is 5.82 Å². The average Bonchev–Trinajstić information content (AvgIpc) is 2.32. The van der Waals surface area contributed by atoms with Gasteiger partial charge >= 0.3 is 0 Å². The molecular formula is C15H22FN. The molecule has 17 heavy (non-hydrogen) atoms. The second-order valence-electron chi connectivity index (χ2n) is 5.45. The highest BCUT2D eigenvalue weighted by Crippen LogP contribution is 2.26. The molecule has 1 fully saturated rings. The van der Waals surface area contributed by atoms with Crippen LogP contribution in [-0.2, 0) is 6.42 Å². The molecular weight excluding hydrogens is 213 g/mol. The molecule has 1 unspecified atom stereocenters. The third kappa shape index (κ3) is 3.53. The summed E-state index contributed by atoms with van der Waals surface area (Å²) < 4.78 is 12.8. The van der Waals surface area contributed by atoms with Crippen molar-refractivity contribution in [3.8, 4) is 0 Å². The molecule has 1 nitrogen and oxygen atoms in total. The molecule has 1 heterocycles. The van der Waals surface area contributed by atoms with E-state index in [2.05, 4.69) is 18.9 Å². The van der Waals surface area contributed by atoms with Gasteiger partial charge in [0.05, 0.1) is 0 Å². The van der Waals surface area contributed by atoms with E-state index in [1.54, 1.807) is 12.1 Å². The lowest BCUT2D eigenvalue weighted by Gasteiger charge is -2.35. The lowest BCUT2D eigenvalue weighted by atomic mass is 9.83. The Kier molecular flexibility index (Phi) is 4.16. The summed E-state index contributed by atoms with van der Waals surface area (Å²) in [5.41, 5.74) is 1.26. The third-order valence-corrected chi connectivity index (χ3v) is 4.03. The smallest absolute Gasteiger partial charge is 0.123 e. The molecule has 2 rings (SSSR count). The third-order valence-electron chi connectivity index (χ3n) is 4.03. The first kappa shape index (κ1) is 12.6. The molecule has 1 saturated heterocycles. The Balaban J connectivity index is 1.86. The van der Waals surface area contributed by atoms with Gasteiger partial charge in [-0.05, 0) is 62.4 Å². The molecule has 2 heteroatoms. The van der Waals surface area contributed by atoms with Crippen molar-refractivity contribution in [1.29, 1.82) is 0 Å². The molecule has 1 aromatic rings. The summed E-state index contributed by atoms with van der Waals surface area (Å²) in [4.78, 5) is 2.43. The van der Waals surface area contributed by atoms with Crippen LogP contribution >= 0.6 is 0 Å². The topological polar surface area (TPSA) is 3.24 Å². The van der Waals surface area contributed by atoms with Gasteiger partial charge < -0.3 is 4.90 Å². The molecule has 1 aromatic carbocycles. The minimum atomic E-state index is -0.139. The van der Waals surface area contributed by atoms with E-state index in [-0.39, 0.29) is 5.82 Å². The van der Waals surface area contributed by atoms with Crippen LogP contribution in [0.2, 0.25) is 0 Å². The summed E-state index contributed by atoms with van der Waals surface area (Å²) >= 11 is 0. The van der Waals surface area contributed by atoms with Gasteiger partial charge in [-0.1, -0.05) is 19.1 Å².